The lowest BCUT2D eigenvalue weighted by molar-refractivity contribution is -0.142. The van der Waals surface area contributed by atoms with Gasteiger partial charge in [0, 0.05) is 17.1 Å². The number of hydrogen-bond donors (Lipinski definition) is 1. The van der Waals surface area contributed by atoms with Gasteiger partial charge in [-0.25, -0.2) is 14.4 Å². The van der Waals surface area contributed by atoms with E-state index in [0.29, 0.717) is 11.2 Å². The number of aryl methyl sites for hydroxylation is 1. The van der Waals surface area contributed by atoms with Crippen LogP contribution in [0.5, 0.6) is 0 Å². The van der Waals surface area contributed by atoms with E-state index in [1.807, 2.05) is 0 Å². The van der Waals surface area contributed by atoms with Crippen molar-refractivity contribution in [1.29, 1.82) is 0 Å². The second kappa shape index (κ2) is 4.01. The summed E-state index contributed by atoms with van der Waals surface area (Å²) in [6.07, 6.45) is 0. The zero-order chi connectivity index (χ0) is 13.5. The lowest BCUT2D eigenvalue weighted by Gasteiger charge is -2.18. The highest BCUT2D eigenvalue weighted by Gasteiger charge is 2.33. The van der Waals surface area contributed by atoms with Gasteiger partial charge in [-0.2, -0.15) is 0 Å². The van der Waals surface area contributed by atoms with Crippen molar-refractivity contribution >= 4 is 16.9 Å². The molecule has 2 rings (SSSR count). The molecule has 0 atom stereocenters. The topological polar surface area (TPSA) is 63.1 Å². The molecule has 18 heavy (non-hydrogen) atoms. The quantitative estimate of drug-likeness (QED) is 0.886. The molecule has 94 valence electrons. The van der Waals surface area contributed by atoms with E-state index in [1.165, 1.54) is 26.0 Å². The summed E-state index contributed by atoms with van der Waals surface area (Å²) < 4.78 is 13.2. The Bertz CT molecular complexity index is 638. The lowest BCUT2D eigenvalue weighted by atomic mass is 9.92. The molecule has 4 nitrogen and oxygen atoms in total. The zero-order valence-corrected chi connectivity index (χ0v) is 10.4. The predicted octanol–water partition coefficient (Wildman–Crippen LogP) is 2.44. The summed E-state index contributed by atoms with van der Waals surface area (Å²) in [5.74, 6) is -1.23. The molecule has 0 unspecified atom stereocenters. The zero-order valence-electron chi connectivity index (χ0n) is 10.4. The molecule has 0 spiro atoms. The maximum absolute atomic E-state index is 13.2. The van der Waals surface area contributed by atoms with Crippen LogP contribution in [-0.4, -0.2) is 21.0 Å². The standard InChI is InChI=1S/C13H13FN2O2/c1-7-9-5-4-8(14)6-10(9)16-11(15-7)13(2,3)12(17)18/h4-6H,1-3H3,(H,17,18). The van der Waals surface area contributed by atoms with Gasteiger partial charge in [0.1, 0.15) is 17.1 Å². The molecule has 1 aromatic heterocycles. The molecule has 0 saturated carbocycles. The number of benzene rings is 1. The number of carboxylic acids is 1. The fourth-order valence-electron chi connectivity index (χ4n) is 1.64. The van der Waals surface area contributed by atoms with E-state index in [4.69, 9.17) is 5.11 Å². The monoisotopic (exact) mass is 248 g/mol. The van der Waals surface area contributed by atoms with E-state index in [1.54, 1.807) is 13.0 Å². The van der Waals surface area contributed by atoms with Crippen LogP contribution in [0.3, 0.4) is 0 Å². The molecule has 0 amide bonds. The molecule has 1 heterocycles. The van der Waals surface area contributed by atoms with Crippen molar-refractivity contribution in [3.63, 3.8) is 0 Å². The molecule has 0 aliphatic heterocycles. The maximum atomic E-state index is 13.2. The Labute approximate surface area is 103 Å². The van der Waals surface area contributed by atoms with Crippen molar-refractivity contribution in [2.75, 3.05) is 0 Å². The van der Waals surface area contributed by atoms with Crippen LogP contribution in [0.2, 0.25) is 0 Å². The summed E-state index contributed by atoms with van der Waals surface area (Å²) in [5.41, 5.74) is -0.137. The van der Waals surface area contributed by atoms with E-state index in [9.17, 15) is 9.18 Å². The number of rotatable bonds is 2. The Hall–Kier alpha value is -2.04. The van der Waals surface area contributed by atoms with Gasteiger partial charge in [0.05, 0.1) is 5.52 Å². The number of fused-ring (bicyclic) bond motifs is 1. The van der Waals surface area contributed by atoms with Crippen LogP contribution >= 0.6 is 0 Å². The number of aliphatic carboxylic acids is 1. The third-order valence-corrected chi connectivity index (χ3v) is 2.94. The fraction of sp³-hybridized carbons (Fsp3) is 0.308. The van der Waals surface area contributed by atoms with E-state index in [-0.39, 0.29) is 5.82 Å². The highest BCUT2D eigenvalue weighted by molar-refractivity contribution is 5.83. The van der Waals surface area contributed by atoms with Crippen LogP contribution in [0.25, 0.3) is 10.9 Å². The lowest BCUT2D eigenvalue weighted by Crippen LogP contribution is -2.31. The molecule has 0 aliphatic rings. The minimum Gasteiger partial charge on any atom is -0.481 e. The molecular weight excluding hydrogens is 235 g/mol. The molecule has 0 bridgehead atoms. The average Bonchev–Trinajstić information content (AvgIpc) is 2.27. The maximum Gasteiger partial charge on any atom is 0.316 e. The molecule has 2 aromatic rings. The van der Waals surface area contributed by atoms with Gasteiger partial charge in [-0.05, 0) is 32.9 Å². The van der Waals surface area contributed by atoms with Crippen LogP contribution in [0.15, 0.2) is 18.2 Å². The van der Waals surface area contributed by atoms with Crippen molar-refractivity contribution < 1.29 is 14.3 Å². The van der Waals surface area contributed by atoms with Gasteiger partial charge in [-0.3, -0.25) is 4.79 Å². The largest absolute Gasteiger partial charge is 0.481 e. The smallest absolute Gasteiger partial charge is 0.316 e. The van der Waals surface area contributed by atoms with Gasteiger partial charge in [-0.1, -0.05) is 0 Å². The number of nitrogens with zero attached hydrogens (tertiary/aromatic N) is 2. The second-order valence-corrected chi connectivity index (χ2v) is 4.72. The number of hydrogen-bond acceptors (Lipinski definition) is 3. The Balaban J connectivity index is 2.72. The Morgan fingerprint density at radius 1 is 1.33 bits per heavy atom. The first kappa shape index (κ1) is 12.4. The summed E-state index contributed by atoms with van der Waals surface area (Å²) in [7, 11) is 0. The third kappa shape index (κ3) is 1.92. The van der Waals surface area contributed by atoms with Gasteiger partial charge in [-0.15, -0.1) is 0 Å². The molecule has 0 fully saturated rings. The van der Waals surface area contributed by atoms with Gasteiger partial charge >= 0.3 is 5.97 Å². The van der Waals surface area contributed by atoms with Gasteiger partial charge in [0.2, 0.25) is 0 Å². The van der Waals surface area contributed by atoms with Crippen LogP contribution in [-0.2, 0) is 10.2 Å². The highest BCUT2D eigenvalue weighted by Crippen LogP contribution is 2.24. The van der Waals surface area contributed by atoms with Crippen LogP contribution in [0.4, 0.5) is 4.39 Å². The van der Waals surface area contributed by atoms with Crippen molar-refractivity contribution in [3.8, 4) is 0 Å². The Kier molecular flexibility index (Phi) is 2.77. The first-order chi connectivity index (χ1) is 8.32. The Morgan fingerprint density at radius 3 is 2.61 bits per heavy atom. The van der Waals surface area contributed by atoms with Gasteiger partial charge in [0.15, 0.2) is 0 Å². The third-order valence-electron chi connectivity index (χ3n) is 2.94. The minimum atomic E-state index is -1.20. The van der Waals surface area contributed by atoms with Crippen LogP contribution in [0.1, 0.15) is 25.4 Å². The molecular formula is C13H13FN2O2. The summed E-state index contributed by atoms with van der Waals surface area (Å²) in [5, 5.41) is 9.88. The number of aromatic nitrogens is 2. The van der Waals surface area contributed by atoms with Crippen LogP contribution < -0.4 is 0 Å². The molecule has 0 aliphatic carbocycles. The van der Waals surface area contributed by atoms with Crippen molar-refractivity contribution in [3.05, 3.63) is 35.5 Å². The molecule has 1 N–H and O–H groups in total. The normalized spacial score (nSPS) is 11.8. The highest BCUT2D eigenvalue weighted by atomic mass is 19.1. The second-order valence-electron chi connectivity index (χ2n) is 4.72. The molecule has 1 aromatic carbocycles. The van der Waals surface area contributed by atoms with E-state index in [2.05, 4.69) is 9.97 Å². The van der Waals surface area contributed by atoms with E-state index < -0.39 is 17.2 Å². The SMILES string of the molecule is Cc1nc(C(C)(C)C(=O)O)nc2cc(F)ccc12. The molecule has 0 saturated heterocycles. The Morgan fingerprint density at radius 2 is 2.00 bits per heavy atom. The predicted molar refractivity (Wildman–Crippen MR) is 64.9 cm³/mol. The number of carbonyl (C=O) groups is 1. The fourth-order valence-corrected chi connectivity index (χ4v) is 1.64. The first-order valence-electron chi connectivity index (χ1n) is 5.50. The summed E-state index contributed by atoms with van der Waals surface area (Å²) >= 11 is 0. The van der Waals surface area contributed by atoms with Gasteiger partial charge < -0.3 is 5.11 Å². The summed E-state index contributed by atoms with van der Waals surface area (Å²) in [6, 6.07) is 4.21. The minimum absolute atomic E-state index is 0.186. The first-order valence-corrected chi connectivity index (χ1v) is 5.50. The summed E-state index contributed by atoms with van der Waals surface area (Å²) in [4.78, 5) is 19.5. The van der Waals surface area contributed by atoms with Crippen molar-refractivity contribution in [2.45, 2.75) is 26.2 Å². The number of halogens is 1. The van der Waals surface area contributed by atoms with E-state index in [0.717, 1.165) is 5.39 Å². The number of carboxylic acid groups (broad SMARTS) is 1. The van der Waals surface area contributed by atoms with Gasteiger partial charge in [0.25, 0.3) is 0 Å². The average molecular weight is 248 g/mol. The summed E-state index contributed by atoms with van der Waals surface area (Å²) in [6.45, 7) is 4.80. The van der Waals surface area contributed by atoms with Crippen LogP contribution in [0, 0.1) is 12.7 Å². The van der Waals surface area contributed by atoms with Crippen molar-refractivity contribution in [1.82, 2.24) is 9.97 Å². The van der Waals surface area contributed by atoms with E-state index >= 15 is 0 Å². The van der Waals surface area contributed by atoms with Crippen molar-refractivity contribution in [2.24, 2.45) is 0 Å². The molecule has 5 heteroatoms. The molecule has 0 radical (unpaired) electrons.